The first-order valence-corrected chi connectivity index (χ1v) is 5.85. The van der Waals surface area contributed by atoms with Gasteiger partial charge in [0.1, 0.15) is 0 Å². The Bertz CT molecular complexity index is 496. The van der Waals surface area contributed by atoms with Crippen LogP contribution in [0.25, 0.3) is 0 Å². The van der Waals surface area contributed by atoms with E-state index in [-0.39, 0.29) is 0 Å². The fourth-order valence-corrected chi connectivity index (χ4v) is 1.95. The number of thioether (sulfide) groups is 1. The van der Waals surface area contributed by atoms with Crippen molar-refractivity contribution in [2.75, 3.05) is 6.26 Å². The Labute approximate surface area is 96.4 Å². The standard InChI is InChI=1S/C11H9NO3S/c1-16-6-2-3-7-9(4-6)12-5-8(10(7)13)11(14)15/h2-5,8H,1H3,(H,14,15). The van der Waals surface area contributed by atoms with Crippen LogP contribution in [0.5, 0.6) is 0 Å². The number of carboxylic acids is 1. The number of hydrogen-bond acceptors (Lipinski definition) is 4. The fraction of sp³-hybridized carbons (Fsp3) is 0.182. The van der Waals surface area contributed by atoms with E-state index in [4.69, 9.17) is 5.11 Å². The van der Waals surface area contributed by atoms with Gasteiger partial charge >= 0.3 is 5.97 Å². The smallest absolute Gasteiger partial charge is 0.319 e. The van der Waals surface area contributed by atoms with Gasteiger partial charge in [-0.05, 0) is 24.5 Å². The summed E-state index contributed by atoms with van der Waals surface area (Å²) in [5.41, 5.74) is 0.932. The van der Waals surface area contributed by atoms with Crippen LogP contribution in [0, 0.1) is 5.92 Å². The molecule has 0 radical (unpaired) electrons. The lowest BCUT2D eigenvalue weighted by Crippen LogP contribution is -2.27. The van der Waals surface area contributed by atoms with Gasteiger partial charge in [-0.1, -0.05) is 0 Å². The minimum absolute atomic E-state index is 0.382. The summed E-state index contributed by atoms with van der Waals surface area (Å²) in [6, 6.07) is 5.21. The maximum atomic E-state index is 11.8. The van der Waals surface area contributed by atoms with Gasteiger partial charge in [0.2, 0.25) is 0 Å². The molecule has 1 aromatic rings. The number of carbonyl (C=O) groups excluding carboxylic acids is 1. The number of nitrogens with zero attached hydrogens (tertiary/aromatic N) is 1. The van der Waals surface area contributed by atoms with Gasteiger partial charge < -0.3 is 5.11 Å². The first kappa shape index (κ1) is 10.9. The lowest BCUT2D eigenvalue weighted by Gasteiger charge is -2.14. The lowest BCUT2D eigenvalue weighted by atomic mass is 9.95. The molecule has 2 rings (SSSR count). The number of hydrogen-bond donors (Lipinski definition) is 1. The quantitative estimate of drug-likeness (QED) is 0.629. The first-order valence-electron chi connectivity index (χ1n) is 4.62. The third-order valence-electron chi connectivity index (χ3n) is 2.38. The van der Waals surface area contributed by atoms with E-state index >= 15 is 0 Å². The van der Waals surface area contributed by atoms with Gasteiger partial charge in [0.15, 0.2) is 11.7 Å². The maximum Gasteiger partial charge on any atom is 0.319 e. The lowest BCUT2D eigenvalue weighted by molar-refractivity contribution is -0.137. The highest BCUT2D eigenvalue weighted by Gasteiger charge is 2.30. The number of rotatable bonds is 2. The molecule has 16 heavy (non-hydrogen) atoms. The van der Waals surface area contributed by atoms with Crippen LogP contribution in [0.1, 0.15) is 10.4 Å². The molecule has 0 bridgehead atoms. The molecule has 0 fully saturated rings. The van der Waals surface area contributed by atoms with Gasteiger partial charge in [-0.25, -0.2) is 0 Å². The Kier molecular flexibility index (Phi) is 2.78. The summed E-state index contributed by atoms with van der Waals surface area (Å²) in [4.78, 5) is 27.6. The Morgan fingerprint density at radius 1 is 1.50 bits per heavy atom. The van der Waals surface area contributed by atoms with Crippen LogP contribution in [-0.2, 0) is 4.79 Å². The van der Waals surface area contributed by atoms with Crippen LogP contribution >= 0.6 is 11.8 Å². The van der Waals surface area contributed by atoms with Crippen LogP contribution < -0.4 is 0 Å². The van der Waals surface area contributed by atoms with E-state index in [1.54, 1.807) is 30.0 Å². The molecule has 0 spiro atoms. The number of fused-ring (bicyclic) bond motifs is 1. The van der Waals surface area contributed by atoms with E-state index in [1.165, 1.54) is 6.21 Å². The SMILES string of the molecule is CSc1ccc2c(c1)N=CC(C(=O)O)C2=O. The number of benzene rings is 1. The van der Waals surface area contributed by atoms with Gasteiger partial charge in [-0.15, -0.1) is 11.8 Å². The summed E-state index contributed by atoms with van der Waals surface area (Å²) >= 11 is 1.55. The van der Waals surface area contributed by atoms with Crippen molar-refractivity contribution in [2.24, 2.45) is 10.9 Å². The molecule has 1 unspecified atom stereocenters. The second-order valence-electron chi connectivity index (χ2n) is 3.34. The zero-order valence-electron chi connectivity index (χ0n) is 8.51. The molecule has 1 aromatic carbocycles. The average Bonchev–Trinajstić information content (AvgIpc) is 2.28. The molecule has 5 heteroatoms. The van der Waals surface area contributed by atoms with Gasteiger partial charge in [-0.2, -0.15) is 0 Å². The van der Waals surface area contributed by atoms with Crippen molar-refractivity contribution in [1.29, 1.82) is 0 Å². The molecule has 82 valence electrons. The highest BCUT2D eigenvalue weighted by Crippen LogP contribution is 2.30. The predicted molar refractivity (Wildman–Crippen MR) is 61.8 cm³/mol. The fourth-order valence-electron chi connectivity index (χ4n) is 1.52. The number of carboxylic acid groups (broad SMARTS) is 1. The zero-order chi connectivity index (χ0) is 11.7. The van der Waals surface area contributed by atoms with Crippen molar-refractivity contribution in [1.82, 2.24) is 0 Å². The normalized spacial score (nSPS) is 18.3. The predicted octanol–water partition coefficient (Wildman–Crippen LogP) is 2.01. The molecule has 1 N–H and O–H groups in total. The number of Topliss-reactive ketones (excluding diaryl/α,β-unsaturated/α-hetero) is 1. The summed E-state index contributed by atoms with van der Waals surface area (Å²) in [5.74, 6) is -2.70. The van der Waals surface area contributed by atoms with Crippen molar-refractivity contribution in [2.45, 2.75) is 4.90 Å². The molecule has 1 aliphatic rings. The molecule has 1 aliphatic heterocycles. The average molecular weight is 235 g/mol. The molecule has 0 amide bonds. The molecular weight excluding hydrogens is 226 g/mol. The minimum atomic E-state index is -1.16. The highest BCUT2D eigenvalue weighted by molar-refractivity contribution is 7.98. The van der Waals surface area contributed by atoms with Crippen LogP contribution in [0.4, 0.5) is 5.69 Å². The zero-order valence-corrected chi connectivity index (χ0v) is 9.32. The summed E-state index contributed by atoms with van der Waals surface area (Å²) in [7, 11) is 0. The molecule has 0 saturated carbocycles. The van der Waals surface area contributed by atoms with Gasteiger partial charge in [0, 0.05) is 16.7 Å². The monoisotopic (exact) mass is 235 g/mol. The summed E-state index contributed by atoms with van der Waals surface area (Å²) in [5, 5.41) is 8.82. The second-order valence-corrected chi connectivity index (χ2v) is 4.22. The molecule has 4 nitrogen and oxygen atoms in total. The Morgan fingerprint density at radius 3 is 2.88 bits per heavy atom. The van der Waals surface area contributed by atoms with Crippen LogP contribution in [0.2, 0.25) is 0 Å². The van der Waals surface area contributed by atoms with E-state index in [9.17, 15) is 9.59 Å². The van der Waals surface area contributed by atoms with Crippen molar-refractivity contribution < 1.29 is 14.7 Å². The summed E-state index contributed by atoms with van der Waals surface area (Å²) < 4.78 is 0. The highest BCUT2D eigenvalue weighted by atomic mass is 32.2. The molecule has 0 saturated heterocycles. The van der Waals surface area contributed by atoms with Crippen LogP contribution in [0.15, 0.2) is 28.1 Å². The van der Waals surface area contributed by atoms with Crippen molar-refractivity contribution in [3.05, 3.63) is 23.8 Å². The van der Waals surface area contributed by atoms with Crippen molar-refractivity contribution in [3.63, 3.8) is 0 Å². The molecule has 1 atom stereocenters. The number of aliphatic carboxylic acids is 1. The molecule has 0 aliphatic carbocycles. The summed E-state index contributed by atoms with van der Waals surface area (Å²) in [6.07, 6.45) is 3.12. The largest absolute Gasteiger partial charge is 0.480 e. The van der Waals surface area contributed by atoms with Crippen molar-refractivity contribution >= 4 is 35.4 Å². The second kappa shape index (κ2) is 4.09. The van der Waals surface area contributed by atoms with Crippen molar-refractivity contribution in [3.8, 4) is 0 Å². The van der Waals surface area contributed by atoms with E-state index in [0.29, 0.717) is 11.3 Å². The third kappa shape index (κ3) is 1.74. The van der Waals surface area contributed by atoms with Crippen LogP contribution in [-0.4, -0.2) is 29.3 Å². The Morgan fingerprint density at radius 2 is 2.25 bits per heavy atom. The molecular formula is C11H9NO3S. The topological polar surface area (TPSA) is 66.7 Å². The van der Waals surface area contributed by atoms with Gasteiger partial charge in [0.05, 0.1) is 5.69 Å². The van der Waals surface area contributed by atoms with E-state index in [2.05, 4.69) is 4.99 Å². The van der Waals surface area contributed by atoms with Crippen LogP contribution in [0.3, 0.4) is 0 Å². The molecule has 0 aromatic heterocycles. The number of aliphatic imine (C=N–C) groups is 1. The minimum Gasteiger partial charge on any atom is -0.480 e. The van der Waals surface area contributed by atoms with E-state index in [1.807, 2.05) is 6.26 Å². The Hall–Kier alpha value is -1.62. The van der Waals surface area contributed by atoms with E-state index < -0.39 is 17.7 Å². The first-order chi connectivity index (χ1) is 7.63. The number of ketones is 1. The Balaban J connectivity index is 2.46. The van der Waals surface area contributed by atoms with Gasteiger partial charge in [-0.3, -0.25) is 14.6 Å². The molecule has 1 heterocycles. The van der Waals surface area contributed by atoms with Gasteiger partial charge in [0.25, 0.3) is 0 Å². The van der Waals surface area contributed by atoms with E-state index in [0.717, 1.165) is 4.90 Å². The maximum absolute atomic E-state index is 11.8. The third-order valence-corrected chi connectivity index (χ3v) is 3.11. The summed E-state index contributed by atoms with van der Waals surface area (Å²) in [6.45, 7) is 0. The number of carbonyl (C=O) groups is 2.